The molecule has 3 rings (SSSR count). The molecule has 0 spiro atoms. The van der Waals surface area contributed by atoms with Gasteiger partial charge in [-0.15, -0.1) is 0 Å². The van der Waals surface area contributed by atoms with Gasteiger partial charge in [0.05, 0.1) is 27.0 Å². The third kappa shape index (κ3) is 3.52. The zero-order valence-corrected chi connectivity index (χ0v) is 14.4. The van der Waals surface area contributed by atoms with Crippen LogP contribution in [0.2, 0.25) is 10.0 Å². The number of aliphatic imine (C=N–C) groups is 1. The molecule has 1 N–H and O–H groups in total. The highest BCUT2D eigenvalue weighted by Gasteiger charge is 2.12. The first-order chi connectivity index (χ1) is 11.9. The molecule has 0 aliphatic carbocycles. The average Bonchev–Trinajstić information content (AvgIpc) is 2.57. The number of para-hydroxylation sites is 1. The van der Waals surface area contributed by atoms with Crippen LogP contribution in [0.4, 0.5) is 11.4 Å². The van der Waals surface area contributed by atoms with E-state index < -0.39 is 5.63 Å². The number of hydrogen-bond donors (Lipinski definition) is 1. The van der Waals surface area contributed by atoms with Crippen LogP contribution in [0.1, 0.15) is 12.5 Å². The van der Waals surface area contributed by atoms with E-state index in [1.807, 2.05) is 12.1 Å². The largest absolute Gasteiger partial charge is 0.733 e. The molecule has 128 valence electrons. The molecule has 0 aliphatic heterocycles. The Morgan fingerprint density at radius 3 is 2.48 bits per heavy atom. The van der Waals surface area contributed by atoms with Crippen LogP contribution in [0.5, 0.6) is 0 Å². The van der Waals surface area contributed by atoms with Crippen molar-refractivity contribution < 1.29 is 9.62 Å². The minimum Gasteiger partial charge on any atom is -0.733 e. The van der Waals surface area contributed by atoms with Crippen LogP contribution in [0.25, 0.3) is 11.0 Å². The van der Waals surface area contributed by atoms with E-state index in [0.29, 0.717) is 11.3 Å². The van der Waals surface area contributed by atoms with Crippen LogP contribution in [0.3, 0.4) is 0 Å². The second kappa shape index (κ2) is 6.85. The Kier molecular flexibility index (Phi) is 4.78. The van der Waals surface area contributed by atoms with Gasteiger partial charge in [-0.1, -0.05) is 41.4 Å². The Morgan fingerprint density at radius 2 is 1.84 bits per heavy atom. The summed E-state index contributed by atoms with van der Waals surface area (Å²) in [7, 11) is 0. The van der Waals surface area contributed by atoms with E-state index in [1.165, 1.54) is 12.1 Å². The maximum atomic E-state index is 12.2. The van der Waals surface area contributed by atoms with E-state index in [9.17, 15) is 10.0 Å². The third-order valence-electron chi connectivity index (χ3n) is 3.53. The number of hydrogen-bond acceptors (Lipinski definition) is 6. The molecule has 0 amide bonds. The third-order valence-corrected chi connectivity index (χ3v) is 4.11. The fourth-order valence-corrected chi connectivity index (χ4v) is 2.87. The SMILES string of the molecule is CC(=Nc1c(Cl)cc(N([O-])O)cc1Cl)c1cc2ccccc2oc1=O. The van der Waals surface area contributed by atoms with Crippen molar-refractivity contribution in [1.29, 1.82) is 0 Å². The summed E-state index contributed by atoms with van der Waals surface area (Å²) < 4.78 is 5.28. The van der Waals surface area contributed by atoms with Crippen molar-refractivity contribution in [1.82, 2.24) is 0 Å². The van der Waals surface area contributed by atoms with E-state index in [2.05, 4.69) is 4.99 Å². The van der Waals surface area contributed by atoms with Crippen molar-refractivity contribution in [3.63, 3.8) is 0 Å². The molecule has 0 saturated heterocycles. The summed E-state index contributed by atoms with van der Waals surface area (Å²) in [4.78, 5) is 16.5. The molecule has 3 aromatic rings. The Balaban J connectivity index is 2.11. The topological polar surface area (TPSA) is 89.1 Å². The molecule has 1 aromatic heterocycles. The predicted octanol–water partition coefficient (Wildman–Crippen LogP) is 4.93. The van der Waals surface area contributed by atoms with Gasteiger partial charge in [-0.2, -0.15) is 0 Å². The molecule has 8 heteroatoms. The second-order valence-electron chi connectivity index (χ2n) is 5.21. The number of fused-ring (bicyclic) bond motifs is 1. The van der Waals surface area contributed by atoms with Crippen molar-refractivity contribution in [3.05, 3.63) is 73.7 Å². The van der Waals surface area contributed by atoms with E-state index in [0.717, 1.165) is 5.39 Å². The van der Waals surface area contributed by atoms with Gasteiger partial charge in [-0.25, -0.2) is 9.79 Å². The highest BCUT2D eigenvalue weighted by atomic mass is 35.5. The molecule has 2 aromatic carbocycles. The summed E-state index contributed by atoms with van der Waals surface area (Å²) >= 11 is 12.2. The minimum absolute atomic E-state index is 0.0573. The van der Waals surface area contributed by atoms with Crippen molar-refractivity contribution >= 4 is 51.3 Å². The average molecular weight is 378 g/mol. The predicted molar refractivity (Wildman–Crippen MR) is 98.4 cm³/mol. The Bertz CT molecular complexity index is 1020. The van der Waals surface area contributed by atoms with Crippen LogP contribution in [0, 0.1) is 5.21 Å². The lowest BCUT2D eigenvalue weighted by Crippen LogP contribution is -2.12. The number of rotatable bonds is 3. The first-order valence-corrected chi connectivity index (χ1v) is 7.86. The first-order valence-electron chi connectivity index (χ1n) is 7.10. The van der Waals surface area contributed by atoms with Crippen LogP contribution < -0.4 is 10.9 Å². The van der Waals surface area contributed by atoms with Crippen molar-refractivity contribution in [2.24, 2.45) is 4.99 Å². The summed E-state index contributed by atoms with van der Waals surface area (Å²) in [6.45, 7) is 1.62. The van der Waals surface area contributed by atoms with Crippen LogP contribution >= 0.6 is 23.2 Å². The van der Waals surface area contributed by atoms with Gasteiger partial charge in [0.2, 0.25) is 0 Å². The molecule has 0 saturated carbocycles. The van der Waals surface area contributed by atoms with Gasteiger partial charge in [0.25, 0.3) is 0 Å². The lowest BCUT2D eigenvalue weighted by Gasteiger charge is -2.22. The van der Waals surface area contributed by atoms with Crippen molar-refractivity contribution in [2.75, 3.05) is 5.23 Å². The van der Waals surface area contributed by atoms with E-state index in [-0.39, 0.29) is 32.2 Å². The Morgan fingerprint density at radius 1 is 1.20 bits per heavy atom. The lowest BCUT2D eigenvalue weighted by molar-refractivity contribution is 0.296. The quantitative estimate of drug-likeness (QED) is 0.396. The maximum Gasteiger partial charge on any atom is 0.345 e. The standard InChI is InChI=1S/C17H11Cl2N2O4/c1-9(12-6-10-4-2-3-5-15(10)25-17(12)22)20-16-13(18)7-11(21(23)24)8-14(16)19/h2-8,23H,1H3/q-1. The molecule has 0 fully saturated rings. The second-order valence-corrected chi connectivity index (χ2v) is 6.03. The van der Waals surface area contributed by atoms with E-state index in [4.69, 9.17) is 32.8 Å². The molecule has 6 nitrogen and oxygen atoms in total. The molecular formula is C17H11Cl2N2O4-. The number of nitrogens with zero attached hydrogens (tertiary/aromatic N) is 2. The van der Waals surface area contributed by atoms with Crippen molar-refractivity contribution in [3.8, 4) is 0 Å². The first kappa shape index (κ1) is 17.4. The molecule has 0 unspecified atom stereocenters. The van der Waals surface area contributed by atoms with Crippen LogP contribution in [0.15, 0.2) is 56.7 Å². The normalized spacial score (nSPS) is 11.8. The van der Waals surface area contributed by atoms with Gasteiger partial charge >= 0.3 is 5.63 Å². The van der Waals surface area contributed by atoms with Gasteiger partial charge in [0, 0.05) is 5.39 Å². The monoisotopic (exact) mass is 377 g/mol. The lowest BCUT2D eigenvalue weighted by atomic mass is 10.1. The molecule has 0 aliphatic rings. The molecule has 0 atom stereocenters. The smallest absolute Gasteiger partial charge is 0.345 e. The fraction of sp³-hybridized carbons (Fsp3) is 0.0588. The molecule has 0 radical (unpaired) electrons. The Hall–Kier alpha value is -2.38. The highest BCUT2D eigenvalue weighted by molar-refractivity contribution is 6.39. The zero-order valence-electron chi connectivity index (χ0n) is 12.9. The summed E-state index contributed by atoms with van der Waals surface area (Å²) in [6.07, 6.45) is 0. The number of benzene rings is 2. The number of halogens is 2. The fourth-order valence-electron chi connectivity index (χ4n) is 2.31. The summed E-state index contributed by atoms with van der Waals surface area (Å²) in [5.74, 6) is 0. The summed E-state index contributed by atoms with van der Waals surface area (Å²) in [5, 5.41) is 20.4. The van der Waals surface area contributed by atoms with Gasteiger partial charge in [-0.3, -0.25) is 5.21 Å². The number of anilines is 1. The maximum absolute atomic E-state index is 12.2. The minimum atomic E-state index is -0.537. The molecule has 25 heavy (non-hydrogen) atoms. The van der Waals surface area contributed by atoms with Crippen LogP contribution in [-0.2, 0) is 0 Å². The summed E-state index contributed by atoms with van der Waals surface area (Å²) in [5.41, 5.74) is 0.602. The summed E-state index contributed by atoms with van der Waals surface area (Å²) in [6, 6.07) is 11.2. The highest BCUT2D eigenvalue weighted by Crippen LogP contribution is 2.37. The molecule has 1 heterocycles. The van der Waals surface area contributed by atoms with Gasteiger partial charge < -0.3 is 14.9 Å². The van der Waals surface area contributed by atoms with Gasteiger partial charge in [0.1, 0.15) is 11.3 Å². The zero-order chi connectivity index (χ0) is 18.1. The van der Waals surface area contributed by atoms with Gasteiger partial charge in [0.15, 0.2) is 0 Å². The molecular weight excluding hydrogens is 367 g/mol. The van der Waals surface area contributed by atoms with Crippen molar-refractivity contribution in [2.45, 2.75) is 6.92 Å². The van der Waals surface area contributed by atoms with E-state index >= 15 is 0 Å². The molecule has 0 bridgehead atoms. The van der Waals surface area contributed by atoms with E-state index in [1.54, 1.807) is 25.1 Å². The Labute approximate surface area is 152 Å². The van der Waals surface area contributed by atoms with Gasteiger partial charge in [-0.05, 0) is 31.2 Å². The van der Waals surface area contributed by atoms with Crippen LogP contribution in [-0.4, -0.2) is 10.9 Å².